The Morgan fingerprint density at radius 3 is 2.50 bits per heavy atom. The van der Waals surface area contributed by atoms with E-state index in [2.05, 4.69) is 31.1 Å². The lowest BCUT2D eigenvalue weighted by molar-refractivity contribution is 0.386. The lowest BCUT2D eigenvalue weighted by Crippen LogP contribution is -2.01. The number of ether oxygens (including phenoxy) is 1. The Hall–Kier alpha value is -1.63. The first-order chi connectivity index (χ1) is 8.47. The number of rotatable bonds is 2. The fourth-order valence-electron chi connectivity index (χ4n) is 1.19. The molecule has 2 rings (SSSR count). The van der Waals surface area contributed by atoms with Gasteiger partial charge in [0.1, 0.15) is 0 Å². The summed E-state index contributed by atoms with van der Waals surface area (Å²) in [5.74, 6) is -2.41. The molecular formula is C11H8BrF2N3O. The molecule has 7 heteroatoms. The van der Waals surface area contributed by atoms with Gasteiger partial charge in [0.15, 0.2) is 11.6 Å². The lowest BCUT2D eigenvalue weighted by atomic mass is 10.3. The minimum Gasteiger partial charge on any atom is -0.420 e. The Morgan fingerprint density at radius 1 is 1.11 bits per heavy atom. The normalized spacial score (nSPS) is 10.5. The molecule has 0 aliphatic rings. The third-order valence-electron chi connectivity index (χ3n) is 2.23. The molecular weight excluding hydrogens is 308 g/mol. The minimum absolute atomic E-state index is 0.130. The summed E-state index contributed by atoms with van der Waals surface area (Å²) in [5, 5.41) is 7.43. The van der Waals surface area contributed by atoms with Crippen LogP contribution in [0.15, 0.2) is 16.6 Å². The molecule has 0 saturated carbocycles. The van der Waals surface area contributed by atoms with E-state index >= 15 is 0 Å². The van der Waals surface area contributed by atoms with Crippen LogP contribution in [0.4, 0.5) is 8.78 Å². The zero-order valence-electron chi connectivity index (χ0n) is 9.54. The summed E-state index contributed by atoms with van der Waals surface area (Å²) < 4.78 is 32.0. The van der Waals surface area contributed by atoms with E-state index < -0.39 is 11.6 Å². The molecule has 18 heavy (non-hydrogen) atoms. The van der Waals surface area contributed by atoms with E-state index in [1.54, 1.807) is 13.8 Å². The number of benzene rings is 1. The summed E-state index contributed by atoms with van der Waals surface area (Å²) in [6.07, 6.45) is 0. The summed E-state index contributed by atoms with van der Waals surface area (Å²) in [5.41, 5.74) is 1.25. The van der Waals surface area contributed by atoms with Crippen molar-refractivity contribution < 1.29 is 13.5 Å². The van der Waals surface area contributed by atoms with Crippen LogP contribution in [-0.2, 0) is 0 Å². The van der Waals surface area contributed by atoms with E-state index in [-0.39, 0.29) is 11.8 Å². The summed E-state index contributed by atoms with van der Waals surface area (Å²) >= 11 is 3.04. The van der Waals surface area contributed by atoms with E-state index in [1.807, 2.05) is 0 Å². The second-order valence-corrected chi connectivity index (χ2v) is 4.48. The van der Waals surface area contributed by atoms with Gasteiger partial charge in [0.2, 0.25) is 5.82 Å². The molecule has 94 valence electrons. The molecule has 0 radical (unpaired) electrons. The van der Waals surface area contributed by atoms with Crippen LogP contribution in [0.2, 0.25) is 0 Å². The summed E-state index contributed by atoms with van der Waals surface area (Å²) in [7, 11) is 0. The highest BCUT2D eigenvalue weighted by atomic mass is 79.9. The van der Waals surface area contributed by atoms with Crippen molar-refractivity contribution >= 4 is 15.9 Å². The van der Waals surface area contributed by atoms with Crippen molar-refractivity contribution in [2.45, 2.75) is 13.8 Å². The second-order valence-electron chi connectivity index (χ2n) is 3.57. The van der Waals surface area contributed by atoms with Crippen molar-refractivity contribution in [1.29, 1.82) is 0 Å². The summed E-state index contributed by atoms with van der Waals surface area (Å²) in [6.45, 7) is 3.45. The van der Waals surface area contributed by atoms with E-state index in [9.17, 15) is 8.78 Å². The molecule has 1 aromatic heterocycles. The van der Waals surface area contributed by atoms with Gasteiger partial charge in [-0.2, -0.15) is 9.37 Å². The average molecular weight is 316 g/mol. The van der Waals surface area contributed by atoms with E-state index in [4.69, 9.17) is 4.74 Å². The third-order valence-corrected chi connectivity index (χ3v) is 2.69. The van der Waals surface area contributed by atoms with Crippen molar-refractivity contribution in [3.05, 3.63) is 39.6 Å². The lowest BCUT2D eigenvalue weighted by Gasteiger charge is -2.06. The van der Waals surface area contributed by atoms with Gasteiger partial charge < -0.3 is 4.74 Å². The maximum Gasteiger partial charge on any atom is 0.341 e. The Kier molecular flexibility index (Phi) is 3.51. The highest BCUT2D eigenvalue weighted by molar-refractivity contribution is 9.10. The fraction of sp³-hybridized carbons (Fsp3) is 0.182. The number of nitrogens with zero attached hydrogens (tertiary/aromatic N) is 3. The van der Waals surface area contributed by atoms with Crippen molar-refractivity contribution in [1.82, 2.24) is 15.2 Å². The quantitative estimate of drug-likeness (QED) is 0.798. The Labute approximate surface area is 110 Å². The van der Waals surface area contributed by atoms with Gasteiger partial charge in [-0.05, 0) is 26.0 Å². The topological polar surface area (TPSA) is 47.9 Å². The van der Waals surface area contributed by atoms with Crippen LogP contribution in [-0.4, -0.2) is 15.2 Å². The zero-order chi connectivity index (χ0) is 13.3. The van der Waals surface area contributed by atoms with Crippen molar-refractivity contribution in [3.8, 4) is 11.8 Å². The molecule has 1 aromatic carbocycles. The first kappa shape index (κ1) is 12.8. The average Bonchev–Trinajstić information content (AvgIpc) is 2.30. The third kappa shape index (κ3) is 2.61. The smallest absolute Gasteiger partial charge is 0.341 e. The molecule has 0 spiro atoms. The SMILES string of the molecule is Cc1nnc(Oc2cc(Br)cc(F)c2F)nc1C. The highest BCUT2D eigenvalue weighted by Gasteiger charge is 2.14. The Balaban J connectivity index is 2.36. The molecule has 0 aliphatic heterocycles. The van der Waals surface area contributed by atoms with Crippen LogP contribution in [0, 0.1) is 25.5 Å². The first-order valence-corrected chi connectivity index (χ1v) is 5.77. The Morgan fingerprint density at radius 2 is 1.83 bits per heavy atom. The number of hydrogen-bond acceptors (Lipinski definition) is 4. The van der Waals surface area contributed by atoms with E-state index in [0.29, 0.717) is 15.9 Å². The number of hydrogen-bond donors (Lipinski definition) is 0. The van der Waals surface area contributed by atoms with Crippen molar-refractivity contribution in [2.75, 3.05) is 0 Å². The number of aryl methyl sites for hydroxylation is 2. The van der Waals surface area contributed by atoms with Crippen molar-refractivity contribution in [2.24, 2.45) is 0 Å². The van der Waals surface area contributed by atoms with Crippen molar-refractivity contribution in [3.63, 3.8) is 0 Å². The van der Waals surface area contributed by atoms with Crippen LogP contribution >= 0.6 is 15.9 Å². The van der Waals surface area contributed by atoms with E-state index in [1.165, 1.54) is 6.07 Å². The molecule has 4 nitrogen and oxygen atoms in total. The molecule has 0 amide bonds. The first-order valence-electron chi connectivity index (χ1n) is 4.97. The molecule has 0 N–H and O–H groups in total. The van der Waals surface area contributed by atoms with Gasteiger partial charge >= 0.3 is 6.01 Å². The molecule has 0 fully saturated rings. The minimum atomic E-state index is -1.10. The van der Waals surface area contributed by atoms with Crippen LogP contribution in [0.1, 0.15) is 11.4 Å². The largest absolute Gasteiger partial charge is 0.420 e. The summed E-state index contributed by atoms with van der Waals surface area (Å²) in [4.78, 5) is 3.97. The zero-order valence-corrected chi connectivity index (χ0v) is 11.1. The monoisotopic (exact) mass is 315 g/mol. The van der Waals surface area contributed by atoms with Crippen LogP contribution in [0.25, 0.3) is 0 Å². The van der Waals surface area contributed by atoms with Crippen LogP contribution in [0.5, 0.6) is 11.8 Å². The van der Waals surface area contributed by atoms with Crippen LogP contribution < -0.4 is 4.74 Å². The number of halogens is 3. The second kappa shape index (κ2) is 4.93. The molecule has 0 bridgehead atoms. The maximum absolute atomic E-state index is 13.5. The molecule has 0 aliphatic carbocycles. The van der Waals surface area contributed by atoms with Gasteiger partial charge in [-0.1, -0.05) is 21.0 Å². The highest BCUT2D eigenvalue weighted by Crippen LogP contribution is 2.28. The standard InChI is InChI=1S/C11H8BrF2N3O/c1-5-6(2)16-17-11(15-5)18-9-4-7(12)3-8(13)10(9)14/h3-4H,1-2H3. The van der Waals surface area contributed by atoms with Gasteiger partial charge in [0.25, 0.3) is 0 Å². The van der Waals surface area contributed by atoms with Crippen LogP contribution in [0.3, 0.4) is 0 Å². The van der Waals surface area contributed by atoms with E-state index in [0.717, 1.165) is 6.07 Å². The predicted octanol–water partition coefficient (Wildman–Crippen LogP) is 3.32. The predicted molar refractivity (Wildman–Crippen MR) is 63.4 cm³/mol. The van der Waals surface area contributed by atoms with Gasteiger partial charge in [0, 0.05) is 4.47 Å². The van der Waals surface area contributed by atoms with Gasteiger partial charge in [-0.25, -0.2) is 4.39 Å². The molecule has 0 unspecified atom stereocenters. The van der Waals surface area contributed by atoms with Gasteiger partial charge in [-0.3, -0.25) is 0 Å². The molecule has 0 saturated heterocycles. The van der Waals surface area contributed by atoms with Gasteiger partial charge in [-0.15, -0.1) is 5.10 Å². The van der Waals surface area contributed by atoms with Gasteiger partial charge in [0.05, 0.1) is 11.4 Å². The molecule has 0 atom stereocenters. The number of aromatic nitrogens is 3. The molecule has 2 aromatic rings. The molecule has 1 heterocycles. The Bertz CT molecular complexity index is 607. The summed E-state index contributed by atoms with van der Waals surface area (Å²) in [6, 6.07) is 2.16. The maximum atomic E-state index is 13.5. The fourth-order valence-corrected chi connectivity index (χ4v) is 1.59.